The van der Waals surface area contributed by atoms with Gasteiger partial charge in [-0.05, 0) is 12.8 Å². The van der Waals surface area contributed by atoms with Gasteiger partial charge < -0.3 is 10.2 Å². The second-order valence-corrected chi connectivity index (χ2v) is 1.88. The first-order valence-corrected chi connectivity index (χ1v) is 3.02. The molecule has 0 aliphatic carbocycles. The van der Waals surface area contributed by atoms with Crippen molar-refractivity contribution in [1.82, 2.24) is 0 Å². The van der Waals surface area contributed by atoms with Crippen molar-refractivity contribution in [3.63, 3.8) is 0 Å². The molecule has 3 heteroatoms. The molecule has 3 nitrogen and oxygen atoms in total. The van der Waals surface area contributed by atoms with Gasteiger partial charge in [0, 0.05) is 6.61 Å². The molecular weight excluding hydrogens is 132 g/mol. The van der Waals surface area contributed by atoms with Gasteiger partial charge in [-0.25, -0.2) is 0 Å². The molecule has 0 heterocycles. The molecule has 0 rings (SSSR count). The molecule has 0 unspecified atom stereocenters. The number of aliphatic carboxylic acids is 1. The summed E-state index contributed by atoms with van der Waals surface area (Å²) in [5.74, 6) is -0.647. The summed E-state index contributed by atoms with van der Waals surface area (Å²) >= 11 is 0. The monoisotopic (exact) mass is 143 g/mol. The van der Waals surface area contributed by atoms with Crippen LogP contribution in [0.1, 0.15) is 12.8 Å². The Morgan fingerprint density at radius 2 is 2.20 bits per heavy atom. The maximum absolute atomic E-state index is 10.3. The molecular formula is C7H11O3. The van der Waals surface area contributed by atoms with E-state index >= 15 is 0 Å². The minimum Gasteiger partial charge on any atom is -0.481 e. The van der Waals surface area contributed by atoms with Gasteiger partial charge in [0.05, 0.1) is 5.92 Å². The number of carboxylic acids is 1. The molecule has 0 aliphatic rings. The summed E-state index contributed by atoms with van der Waals surface area (Å²) in [6, 6.07) is 0. The SMILES string of the molecule is C=CC[C](CCO)C(=O)O. The van der Waals surface area contributed by atoms with Gasteiger partial charge in [-0.3, -0.25) is 4.79 Å². The Hall–Kier alpha value is -0.830. The molecule has 0 fully saturated rings. The predicted molar refractivity (Wildman–Crippen MR) is 37.4 cm³/mol. The van der Waals surface area contributed by atoms with E-state index in [0.717, 1.165) is 0 Å². The number of hydrogen-bond acceptors (Lipinski definition) is 2. The van der Waals surface area contributed by atoms with Crippen LogP contribution in [0.4, 0.5) is 0 Å². The van der Waals surface area contributed by atoms with E-state index in [2.05, 4.69) is 6.58 Å². The van der Waals surface area contributed by atoms with Crippen molar-refractivity contribution in [3.8, 4) is 0 Å². The highest BCUT2D eigenvalue weighted by molar-refractivity contribution is 5.82. The first-order valence-electron chi connectivity index (χ1n) is 3.02. The Labute approximate surface area is 60.0 Å². The van der Waals surface area contributed by atoms with Gasteiger partial charge in [0.1, 0.15) is 0 Å². The van der Waals surface area contributed by atoms with Gasteiger partial charge in [0.15, 0.2) is 0 Å². The first-order chi connectivity index (χ1) is 4.72. The highest BCUT2D eigenvalue weighted by Gasteiger charge is 2.14. The van der Waals surface area contributed by atoms with E-state index in [9.17, 15) is 4.79 Å². The molecule has 0 aliphatic heterocycles. The van der Waals surface area contributed by atoms with Crippen molar-refractivity contribution in [1.29, 1.82) is 0 Å². The zero-order valence-corrected chi connectivity index (χ0v) is 5.71. The summed E-state index contributed by atoms with van der Waals surface area (Å²) in [4.78, 5) is 10.3. The lowest BCUT2D eigenvalue weighted by molar-refractivity contribution is -0.135. The highest BCUT2D eigenvalue weighted by Crippen LogP contribution is 2.10. The van der Waals surface area contributed by atoms with E-state index in [1.54, 1.807) is 0 Å². The fourth-order valence-corrected chi connectivity index (χ4v) is 0.605. The third-order valence-corrected chi connectivity index (χ3v) is 1.11. The third-order valence-electron chi connectivity index (χ3n) is 1.11. The predicted octanol–water partition coefficient (Wildman–Crippen LogP) is 0.604. The summed E-state index contributed by atoms with van der Waals surface area (Å²) in [5.41, 5.74) is 0. The Bertz CT molecular complexity index is 120. The van der Waals surface area contributed by atoms with Crippen LogP contribution in [0.25, 0.3) is 0 Å². The lowest BCUT2D eigenvalue weighted by Crippen LogP contribution is -2.11. The molecule has 0 atom stereocenters. The first kappa shape index (κ1) is 9.17. The van der Waals surface area contributed by atoms with Crippen molar-refractivity contribution in [2.45, 2.75) is 12.8 Å². The van der Waals surface area contributed by atoms with Crippen LogP contribution in [0.5, 0.6) is 0 Å². The molecule has 0 spiro atoms. The topological polar surface area (TPSA) is 57.5 Å². The maximum Gasteiger partial charge on any atom is 0.311 e. The molecule has 0 aromatic carbocycles. The summed E-state index contributed by atoms with van der Waals surface area (Å²) in [6.07, 6.45) is 2.08. The highest BCUT2D eigenvalue weighted by atomic mass is 16.4. The van der Waals surface area contributed by atoms with Gasteiger partial charge in [-0.15, -0.1) is 6.58 Å². The number of aliphatic hydroxyl groups is 1. The lowest BCUT2D eigenvalue weighted by atomic mass is 10.0. The number of allylic oxidation sites excluding steroid dienone is 1. The Morgan fingerprint density at radius 1 is 1.60 bits per heavy atom. The van der Waals surface area contributed by atoms with E-state index in [0.29, 0.717) is 12.3 Å². The molecule has 2 N–H and O–H groups in total. The van der Waals surface area contributed by atoms with Crippen LogP contribution in [0.3, 0.4) is 0 Å². The van der Waals surface area contributed by atoms with E-state index in [-0.39, 0.29) is 13.0 Å². The molecule has 0 amide bonds. The molecule has 0 aromatic rings. The number of hydrogen-bond donors (Lipinski definition) is 2. The normalized spacial score (nSPS) is 9.80. The fraction of sp³-hybridized carbons (Fsp3) is 0.429. The van der Waals surface area contributed by atoms with Crippen molar-refractivity contribution in [2.24, 2.45) is 0 Å². The molecule has 0 saturated heterocycles. The van der Waals surface area contributed by atoms with Crippen molar-refractivity contribution in [2.75, 3.05) is 6.61 Å². The second-order valence-electron chi connectivity index (χ2n) is 1.88. The lowest BCUT2D eigenvalue weighted by Gasteiger charge is -2.04. The zero-order chi connectivity index (χ0) is 7.98. The molecule has 0 aromatic heterocycles. The molecule has 10 heavy (non-hydrogen) atoms. The average Bonchev–Trinajstić information content (AvgIpc) is 1.87. The Morgan fingerprint density at radius 3 is 2.50 bits per heavy atom. The van der Waals surface area contributed by atoms with Gasteiger partial charge >= 0.3 is 5.97 Å². The van der Waals surface area contributed by atoms with Crippen LogP contribution in [-0.4, -0.2) is 22.8 Å². The largest absolute Gasteiger partial charge is 0.481 e. The minimum atomic E-state index is -0.950. The summed E-state index contributed by atoms with van der Waals surface area (Å²) in [6.45, 7) is 3.28. The number of aliphatic hydroxyl groups excluding tert-OH is 1. The van der Waals surface area contributed by atoms with Crippen LogP contribution in [-0.2, 0) is 4.79 Å². The van der Waals surface area contributed by atoms with Gasteiger partial charge in [-0.1, -0.05) is 6.08 Å². The molecule has 0 bridgehead atoms. The van der Waals surface area contributed by atoms with E-state index < -0.39 is 5.97 Å². The van der Waals surface area contributed by atoms with Crippen molar-refractivity contribution < 1.29 is 15.0 Å². The number of carboxylic acid groups (broad SMARTS) is 1. The third kappa shape index (κ3) is 3.25. The van der Waals surface area contributed by atoms with E-state index in [4.69, 9.17) is 10.2 Å². The molecule has 1 radical (unpaired) electrons. The minimum absolute atomic E-state index is 0.116. The van der Waals surface area contributed by atoms with Crippen LogP contribution in [0.2, 0.25) is 0 Å². The van der Waals surface area contributed by atoms with Gasteiger partial charge in [0.2, 0.25) is 0 Å². The smallest absolute Gasteiger partial charge is 0.311 e. The van der Waals surface area contributed by atoms with E-state index in [1.165, 1.54) is 6.08 Å². The standard InChI is InChI=1S/C7H11O3/c1-2-3-6(4-5-8)7(9)10/h2,8H,1,3-5H2,(H,9,10). The van der Waals surface area contributed by atoms with E-state index in [1.807, 2.05) is 0 Å². The second kappa shape index (κ2) is 4.99. The number of carbonyl (C=O) groups is 1. The van der Waals surface area contributed by atoms with Crippen LogP contribution >= 0.6 is 0 Å². The summed E-state index contributed by atoms with van der Waals surface area (Å²) in [5, 5.41) is 16.8. The van der Waals surface area contributed by atoms with Crippen LogP contribution in [0.15, 0.2) is 12.7 Å². The number of rotatable bonds is 5. The zero-order valence-electron chi connectivity index (χ0n) is 5.71. The summed E-state index contributed by atoms with van der Waals surface area (Å²) in [7, 11) is 0. The average molecular weight is 143 g/mol. The van der Waals surface area contributed by atoms with Gasteiger partial charge in [-0.2, -0.15) is 0 Å². The fourth-order valence-electron chi connectivity index (χ4n) is 0.605. The molecule has 57 valence electrons. The van der Waals surface area contributed by atoms with Crippen molar-refractivity contribution >= 4 is 5.97 Å². The Balaban J connectivity index is 3.71. The quantitative estimate of drug-likeness (QED) is 0.554. The van der Waals surface area contributed by atoms with Gasteiger partial charge in [0.25, 0.3) is 0 Å². The maximum atomic E-state index is 10.3. The van der Waals surface area contributed by atoms with Crippen molar-refractivity contribution in [3.05, 3.63) is 18.6 Å². The van der Waals surface area contributed by atoms with Crippen LogP contribution in [0, 0.1) is 5.92 Å². The Kier molecular flexibility index (Phi) is 4.58. The molecule has 0 saturated carbocycles. The summed E-state index contributed by atoms with van der Waals surface area (Å²) < 4.78 is 0. The van der Waals surface area contributed by atoms with Crippen LogP contribution < -0.4 is 0 Å².